The highest BCUT2D eigenvalue weighted by molar-refractivity contribution is 5.99. The van der Waals surface area contributed by atoms with Crippen molar-refractivity contribution in [3.63, 3.8) is 0 Å². The average molecular weight is 872 g/mol. The minimum atomic E-state index is -0.277. The fourth-order valence-electron chi connectivity index (χ4n) is 9.91. The lowest BCUT2D eigenvalue weighted by atomic mass is 10.0. The van der Waals surface area contributed by atoms with Crippen molar-refractivity contribution in [2.45, 2.75) is 77.3 Å². The lowest BCUT2D eigenvalue weighted by Gasteiger charge is -2.37. The van der Waals surface area contributed by atoms with Gasteiger partial charge in [0.15, 0.2) is 5.78 Å². The summed E-state index contributed by atoms with van der Waals surface area (Å²) in [6.45, 7) is 12.1. The fourth-order valence-corrected chi connectivity index (χ4v) is 9.91. The molecule has 5 aromatic rings. The second-order valence-corrected chi connectivity index (χ2v) is 17.6. The number of hydrogen-bond donors (Lipinski definition) is 2. The summed E-state index contributed by atoms with van der Waals surface area (Å²) in [4.78, 5) is 73.6. The van der Waals surface area contributed by atoms with Crippen LogP contribution < -0.4 is 30.9 Å². The number of nitrogens with one attached hydrogen (secondary N) is 2. The van der Waals surface area contributed by atoms with Gasteiger partial charge in [-0.25, -0.2) is 24.3 Å². The van der Waals surface area contributed by atoms with E-state index in [1.807, 2.05) is 35.4 Å². The van der Waals surface area contributed by atoms with Crippen LogP contribution in [0.25, 0.3) is 11.0 Å². The van der Waals surface area contributed by atoms with Crippen LogP contribution >= 0.6 is 0 Å². The molecule has 0 unspecified atom stereocenters. The van der Waals surface area contributed by atoms with Gasteiger partial charge < -0.3 is 30.2 Å². The Hall–Kier alpha value is -6.23. The van der Waals surface area contributed by atoms with Crippen LogP contribution in [0.2, 0.25) is 0 Å². The van der Waals surface area contributed by atoms with Gasteiger partial charge in [0.25, 0.3) is 5.56 Å². The van der Waals surface area contributed by atoms with Crippen LogP contribution in [0.3, 0.4) is 0 Å². The predicted molar refractivity (Wildman–Crippen MR) is 248 cm³/mol. The first-order valence-corrected chi connectivity index (χ1v) is 22.9. The summed E-state index contributed by atoms with van der Waals surface area (Å²) in [7, 11) is 0. The van der Waals surface area contributed by atoms with E-state index in [0.717, 1.165) is 127 Å². The van der Waals surface area contributed by atoms with Gasteiger partial charge in [-0.3, -0.25) is 23.9 Å². The van der Waals surface area contributed by atoms with Gasteiger partial charge in [0.1, 0.15) is 35.2 Å². The largest absolute Gasteiger partial charge is 0.369 e. The smallest absolute Gasteiger partial charge is 0.263 e. The van der Waals surface area contributed by atoms with Crippen molar-refractivity contribution in [3.8, 4) is 0 Å². The molecule has 1 aliphatic carbocycles. The number of halogens is 1. The molecule has 16 nitrogen and oxygen atoms in total. The van der Waals surface area contributed by atoms with E-state index in [9.17, 15) is 18.8 Å². The van der Waals surface area contributed by atoms with Gasteiger partial charge in [0.05, 0.1) is 17.4 Å². The first-order chi connectivity index (χ1) is 31.2. The fraction of sp³-hybridized carbons (Fsp3) is 0.489. The van der Waals surface area contributed by atoms with Crippen LogP contribution in [0.1, 0.15) is 80.3 Å². The van der Waals surface area contributed by atoms with Crippen LogP contribution in [0.15, 0.2) is 66.0 Å². The van der Waals surface area contributed by atoms with Gasteiger partial charge in [0.2, 0.25) is 11.9 Å². The van der Waals surface area contributed by atoms with E-state index < -0.39 is 0 Å². The predicted octanol–water partition coefficient (Wildman–Crippen LogP) is 5.82. The Balaban J connectivity index is 0.707. The maximum atomic E-state index is 13.9. The minimum absolute atomic E-state index is 0.00444. The molecule has 1 atom stereocenters. The molecule has 4 aliphatic rings. The molecule has 336 valence electrons. The SMILES string of the molecule is CC(=O)c1c(C)c2cnc(Nc3ccc(N4CCN(C(=O)CCCN5CCN(c6cc(N[C@@H]7CCCN(c8cccc(F)c8)C7)ncn6)CC5)CC4)cn3)nc2n(C2CCCC2)c1=O. The lowest BCUT2D eigenvalue weighted by Crippen LogP contribution is -2.49. The summed E-state index contributed by atoms with van der Waals surface area (Å²) in [5, 5.41) is 7.51. The Morgan fingerprint density at radius 2 is 1.59 bits per heavy atom. The van der Waals surface area contributed by atoms with Crippen molar-refractivity contribution >= 4 is 57.5 Å². The molecule has 0 bridgehead atoms. The molecule has 7 heterocycles. The van der Waals surface area contributed by atoms with Crippen LogP contribution in [-0.4, -0.2) is 129 Å². The van der Waals surface area contributed by atoms with Gasteiger partial charge in [-0.15, -0.1) is 0 Å². The number of carbonyl (C=O) groups excluding carboxylic acids is 2. The summed E-state index contributed by atoms with van der Waals surface area (Å²) in [6.07, 6.45) is 12.4. The molecule has 1 aromatic carbocycles. The molecular formula is C47H58FN13O3. The van der Waals surface area contributed by atoms with E-state index in [1.54, 1.807) is 36.1 Å². The summed E-state index contributed by atoms with van der Waals surface area (Å²) in [5.41, 5.74) is 2.97. The normalized spacial score (nSPS) is 18.8. The lowest BCUT2D eigenvalue weighted by molar-refractivity contribution is -0.131. The van der Waals surface area contributed by atoms with Gasteiger partial charge in [-0.1, -0.05) is 18.9 Å². The van der Waals surface area contributed by atoms with Crippen molar-refractivity contribution in [3.05, 3.63) is 88.5 Å². The number of carbonyl (C=O) groups is 2. The third-order valence-electron chi connectivity index (χ3n) is 13.4. The zero-order chi connectivity index (χ0) is 44.2. The summed E-state index contributed by atoms with van der Waals surface area (Å²) >= 11 is 0. The third kappa shape index (κ3) is 9.64. The molecule has 2 N–H and O–H groups in total. The number of amides is 1. The Kier molecular flexibility index (Phi) is 12.9. The zero-order valence-electron chi connectivity index (χ0n) is 36.9. The number of piperidine rings is 1. The number of nitrogens with zero attached hydrogens (tertiary/aromatic N) is 11. The van der Waals surface area contributed by atoms with Crippen LogP contribution in [0.5, 0.6) is 0 Å². The number of fused-ring (bicyclic) bond motifs is 1. The summed E-state index contributed by atoms with van der Waals surface area (Å²) in [6, 6.07) is 13.0. The highest BCUT2D eigenvalue weighted by Gasteiger charge is 2.27. The highest BCUT2D eigenvalue weighted by atomic mass is 19.1. The van der Waals surface area contributed by atoms with E-state index in [4.69, 9.17) is 4.98 Å². The van der Waals surface area contributed by atoms with Crippen LogP contribution in [-0.2, 0) is 4.79 Å². The number of piperazine rings is 2. The number of Topliss-reactive ketones (excluding diaryl/α,β-unsaturated/α-hetero) is 1. The highest BCUT2D eigenvalue weighted by Crippen LogP contribution is 2.32. The quantitative estimate of drug-likeness (QED) is 0.136. The van der Waals surface area contributed by atoms with Crippen molar-refractivity contribution in [1.82, 2.24) is 39.3 Å². The van der Waals surface area contributed by atoms with E-state index in [0.29, 0.717) is 47.9 Å². The first kappa shape index (κ1) is 43.0. The molecule has 0 spiro atoms. The molecule has 0 radical (unpaired) electrons. The Morgan fingerprint density at radius 1 is 0.797 bits per heavy atom. The maximum Gasteiger partial charge on any atom is 0.263 e. The zero-order valence-corrected chi connectivity index (χ0v) is 36.9. The van der Waals surface area contributed by atoms with Crippen LogP contribution in [0, 0.1) is 12.7 Å². The second kappa shape index (κ2) is 19.3. The average Bonchev–Trinajstić information content (AvgIpc) is 3.84. The summed E-state index contributed by atoms with van der Waals surface area (Å²) in [5.74, 6) is 2.38. The Bertz CT molecular complexity index is 2510. The Labute approximate surface area is 372 Å². The number of aromatic nitrogens is 6. The van der Waals surface area contributed by atoms with Crippen LogP contribution in [0.4, 0.5) is 39.2 Å². The van der Waals surface area contributed by atoms with Crippen molar-refractivity contribution < 1.29 is 14.0 Å². The van der Waals surface area contributed by atoms with Crippen molar-refractivity contribution in [2.24, 2.45) is 0 Å². The summed E-state index contributed by atoms with van der Waals surface area (Å²) < 4.78 is 15.6. The Morgan fingerprint density at radius 3 is 2.34 bits per heavy atom. The third-order valence-corrected chi connectivity index (χ3v) is 13.4. The number of ketones is 1. The van der Waals surface area contributed by atoms with Gasteiger partial charge in [-0.05, 0) is 88.4 Å². The number of benzene rings is 1. The number of rotatable bonds is 13. The maximum absolute atomic E-state index is 13.9. The van der Waals surface area contributed by atoms with Crippen molar-refractivity contribution in [1.29, 1.82) is 0 Å². The number of pyridine rings is 2. The minimum Gasteiger partial charge on any atom is -0.369 e. The van der Waals surface area contributed by atoms with Crippen molar-refractivity contribution in [2.75, 3.05) is 97.3 Å². The first-order valence-electron chi connectivity index (χ1n) is 22.9. The second-order valence-electron chi connectivity index (χ2n) is 17.6. The monoisotopic (exact) mass is 871 g/mol. The number of hydrogen-bond acceptors (Lipinski definition) is 14. The molecule has 3 saturated heterocycles. The van der Waals surface area contributed by atoms with E-state index in [1.165, 1.54) is 13.0 Å². The molecule has 1 amide bonds. The number of anilines is 6. The van der Waals surface area contributed by atoms with E-state index in [2.05, 4.69) is 50.2 Å². The molecule has 1 saturated carbocycles. The van der Waals surface area contributed by atoms with E-state index in [-0.39, 0.29) is 40.7 Å². The molecule has 3 aliphatic heterocycles. The molecular weight excluding hydrogens is 814 g/mol. The molecule has 17 heteroatoms. The standard InChI is InChI=1S/C47H58FN13O3/c1-32-39-29-50-47(55-45(39)61(36-10-3-4-11-36)46(64)44(32)33(2)62)54-40-15-14-38(28-49-40)57-22-24-59(25-23-57)43(63)13-7-16-56-18-20-58(21-19-56)42-27-41(51-31-52-42)53-35-9-6-17-60(30-35)37-12-5-8-34(48)26-37/h5,8,12,14-15,26-29,31,35-36H,3-4,6-7,9-11,13,16-25,30H2,1-2H3,(H,51,52,53)(H,49,50,54,55)/t35-/m1/s1. The van der Waals surface area contributed by atoms with Gasteiger partial charge in [-0.2, -0.15) is 4.98 Å². The molecule has 4 aromatic heterocycles. The molecule has 9 rings (SSSR count). The number of aryl methyl sites for hydroxylation is 1. The van der Waals surface area contributed by atoms with Gasteiger partial charge in [0, 0.05) is 107 Å². The van der Waals surface area contributed by atoms with E-state index >= 15 is 0 Å². The topological polar surface area (TPSA) is 161 Å². The molecule has 64 heavy (non-hydrogen) atoms. The molecule has 4 fully saturated rings. The van der Waals surface area contributed by atoms with Gasteiger partial charge >= 0.3 is 0 Å².